The summed E-state index contributed by atoms with van der Waals surface area (Å²) in [6, 6.07) is 8.18. The maximum absolute atomic E-state index is 12.7. The van der Waals surface area contributed by atoms with Crippen LogP contribution in [0.4, 0.5) is 16.0 Å². The second-order valence-corrected chi connectivity index (χ2v) is 8.51. The molecule has 2 aromatic heterocycles. The third-order valence-electron chi connectivity index (χ3n) is 5.70. The monoisotopic (exact) mass is 436 g/mol. The number of piperidine rings is 1. The number of likely N-dealkylation sites (tertiary alicyclic amines) is 1. The van der Waals surface area contributed by atoms with Gasteiger partial charge in [-0.05, 0) is 57.3 Å². The fourth-order valence-electron chi connectivity index (χ4n) is 4.01. The molecular formula is C24H29FN6O. The van der Waals surface area contributed by atoms with Crippen molar-refractivity contribution in [2.45, 2.75) is 32.7 Å². The Bertz CT molecular complexity index is 1080. The number of nitrogens with one attached hydrogen (secondary N) is 2. The Labute approximate surface area is 187 Å². The third-order valence-corrected chi connectivity index (χ3v) is 5.70. The van der Waals surface area contributed by atoms with E-state index in [0.717, 1.165) is 53.8 Å². The van der Waals surface area contributed by atoms with E-state index < -0.39 is 0 Å². The fraction of sp³-hybridized carbons (Fsp3) is 0.417. The summed E-state index contributed by atoms with van der Waals surface area (Å²) < 4.78 is 12.5. The molecule has 2 N–H and O–H groups in total. The Kier molecular flexibility index (Phi) is 6.90. The number of pyridine rings is 1. The van der Waals surface area contributed by atoms with Crippen LogP contribution in [0.5, 0.6) is 0 Å². The molecule has 3 heterocycles. The minimum atomic E-state index is -0.343. The van der Waals surface area contributed by atoms with Gasteiger partial charge in [0.15, 0.2) is 0 Å². The molecule has 1 fully saturated rings. The van der Waals surface area contributed by atoms with Gasteiger partial charge in [0.05, 0.1) is 18.1 Å². The largest absolute Gasteiger partial charge is 0.367 e. The van der Waals surface area contributed by atoms with Crippen LogP contribution in [0.2, 0.25) is 0 Å². The van der Waals surface area contributed by atoms with Gasteiger partial charge >= 0.3 is 0 Å². The van der Waals surface area contributed by atoms with Crippen molar-refractivity contribution in [3.8, 4) is 11.3 Å². The van der Waals surface area contributed by atoms with Crippen molar-refractivity contribution in [3.05, 3.63) is 42.9 Å². The van der Waals surface area contributed by atoms with E-state index in [2.05, 4.69) is 44.3 Å². The lowest BCUT2D eigenvalue weighted by atomic mass is 9.96. The highest BCUT2D eigenvalue weighted by Gasteiger charge is 2.25. The van der Waals surface area contributed by atoms with Crippen LogP contribution in [-0.4, -0.2) is 58.1 Å². The number of amides is 1. The van der Waals surface area contributed by atoms with E-state index >= 15 is 0 Å². The molecule has 1 aliphatic heterocycles. The summed E-state index contributed by atoms with van der Waals surface area (Å²) >= 11 is 0. The minimum Gasteiger partial charge on any atom is -0.367 e. The van der Waals surface area contributed by atoms with Gasteiger partial charge in [-0.1, -0.05) is 12.1 Å². The second kappa shape index (κ2) is 9.99. The van der Waals surface area contributed by atoms with E-state index in [1.165, 1.54) is 0 Å². The van der Waals surface area contributed by atoms with Gasteiger partial charge in [-0.3, -0.25) is 9.78 Å². The standard InChI is InChI=1S/C24H29FN6O/c1-16(2)28-23-15-26-14-21(29-23)18-3-4-19-13-27-22(12-20(19)11-18)30-24(32)17-5-8-31(9-6-17)10-7-25/h3-4,11-17H,5-10H2,1-2H3,(H,28,29)(H,27,30,32). The normalized spacial score (nSPS) is 15.2. The lowest BCUT2D eigenvalue weighted by Crippen LogP contribution is -2.39. The molecule has 0 bridgehead atoms. The van der Waals surface area contributed by atoms with Crippen molar-refractivity contribution in [1.82, 2.24) is 19.9 Å². The highest BCUT2D eigenvalue weighted by Crippen LogP contribution is 2.25. The summed E-state index contributed by atoms with van der Waals surface area (Å²) in [5.41, 5.74) is 1.72. The summed E-state index contributed by atoms with van der Waals surface area (Å²) in [7, 11) is 0. The van der Waals surface area contributed by atoms with Crippen LogP contribution in [0.25, 0.3) is 22.0 Å². The molecule has 1 aromatic carbocycles. The highest BCUT2D eigenvalue weighted by molar-refractivity contribution is 5.95. The van der Waals surface area contributed by atoms with Crippen LogP contribution in [-0.2, 0) is 4.79 Å². The SMILES string of the molecule is CC(C)Nc1cncc(-c2ccc3cnc(NC(=O)C4CCN(CCF)CC4)cc3c2)n1. The molecule has 32 heavy (non-hydrogen) atoms. The number of rotatable bonds is 7. The average molecular weight is 437 g/mol. The van der Waals surface area contributed by atoms with Gasteiger partial charge in [0, 0.05) is 35.7 Å². The zero-order valence-electron chi connectivity index (χ0n) is 18.5. The molecule has 0 atom stereocenters. The smallest absolute Gasteiger partial charge is 0.228 e. The first kappa shape index (κ1) is 22.1. The number of halogens is 1. The van der Waals surface area contributed by atoms with Gasteiger partial charge < -0.3 is 15.5 Å². The van der Waals surface area contributed by atoms with Crippen molar-refractivity contribution >= 4 is 28.3 Å². The summed E-state index contributed by atoms with van der Waals surface area (Å²) in [6.45, 7) is 5.72. The van der Waals surface area contributed by atoms with Crippen LogP contribution in [0, 0.1) is 5.92 Å². The minimum absolute atomic E-state index is 0.0220. The van der Waals surface area contributed by atoms with E-state index in [1.54, 1.807) is 18.6 Å². The number of benzene rings is 1. The molecule has 3 aromatic rings. The Balaban J connectivity index is 1.48. The second-order valence-electron chi connectivity index (χ2n) is 8.51. The molecular weight excluding hydrogens is 407 g/mol. The van der Waals surface area contributed by atoms with Gasteiger partial charge in [0.25, 0.3) is 0 Å². The first-order valence-corrected chi connectivity index (χ1v) is 11.1. The summed E-state index contributed by atoms with van der Waals surface area (Å²) in [5, 5.41) is 8.18. The predicted octanol–water partition coefficient (Wildman–Crippen LogP) is 4.13. The van der Waals surface area contributed by atoms with Gasteiger partial charge in [0.1, 0.15) is 18.3 Å². The molecule has 8 heteroatoms. The number of alkyl halides is 1. The molecule has 7 nitrogen and oxygen atoms in total. The first-order valence-electron chi connectivity index (χ1n) is 11.1. The van der Waals surface area contributed by atoms with Crippen molar-refractivity contribution in [2.75, 3.05) is 36.9 Å². The lowest BCUT2D eigenvalue weighted by molar-refractivity contribution is -0.121. The van der Waals surface area contributed by atoms with Crippen LogP contribution < -0.4 is 10.6 Å². The van der Waals surface area contributed by atoms with Gasteiger partial charge in [-0.15, -0.1) is 0 Å². The predicted molar refractivity (Wildman–Crippen MR) is 125 cm³/mol. The summed E-state index contributed by atoms with van der Waals surface area (Å²) in [6.07, 6.45) is 6.70. The number of hydrogen-bond donors (Lipinski definition) is 2. The molecule has 0 saturated carbocycles. The van der Waals surface area contributed by atoms with Crippen molar-refractivity contribution in [2.24, 2.45) is 5.92 Å². The Morgan fingerprint density at radius 3 is 2.69 bits per heavy atom. The molecule has 1 saturated heterocycles. The zero-order valence-corrected chi connectivity index (χ0v) is 18.5. The number of fused-ring (bicyclic) bond motifs is 1. The molecule has 4 rings (SSSR count). The van der Waals surface area contributed by atoms with Crippen molar-refractivity contribution < 1.29 is 9.18 Å². The van der Waals surface area contributed by atoms with E-state index in [9.17, 15) is 9.18 Å². The van der Waals surface area contributed by atoms with Crippen molar-refractivity contribution in [3.63, 3.8) is 0 Å². The molecule has 0 unspecified atom stereocenters. The Hall–Kier alpha value is -3.13. The molecule has 0 radical (unpaired) electrons. The summed E-state index contributed by atoms with van der Waals surface area (Å²) in [4.78, 5) is 28.1. The topological polar surface area (TPSA) is 83.0 Å². The van der Waals surface area contributed by atoms with E-state index in [1.807, 2.05) is 24.3 Å². The number of hydrogen-bond acceptors (Lipinski definition) is 6. The fourth-order valence-corrected chi connectivity index (χ4v) is 4.01. The lowest BCUT2D eigenvalue weighted by Gasteiger charge is -2.30. The molecule has 1 amide bonds. The van der Waals surface area contributed by atoms with Crippen molar-refractivity contribution in [1.29, 1.82) is 0 Å². The van der Waals surface area contributed by atoms with Crippen LogP contribution in [0.15, 0.2) is 42.9 Å². The van der Waals surface area contributed by atoms with E-state index in [4.69, 9.17) is 0 Å². The van der Waals surface area contributed by atoms with Gasteiger partial charge in [-0.2, -0.15) is 0 Å². The number of nitrogens with zero attached hydrogens (tertiary/aromatic N) is 4. The molecule has 0 aliphatic carbocycles. The van der Waals surface area contributed by atoms with Gasteiger partial charge in [-0.25, -0.2) is 14.4 Å². The number of carbonyl (C=O) groups excluding carboxylic acids is 1. The maximum atomic E-state index is 12.7. The zero-order chi connectivity index (χ0) is 22.5. The van der Waals surface area contributed by atoms with E-state index in [0.29, 0.717) is 12.4 Å². The number of aromatic nitrogens is 3. The third kappa shape index (κ3) is 5.37. The number of carbonyl (C=O) groups is 1. The molecule has 0 spiro atoms. The van der Waals surface area contributed by atoms with Crippen LogP contribution >= 0.6 is 0 Å². The highest BCUT2D eigenvalue weighted by atomic mass is 19.1. The van der Waals surface area contributed by atoms with Gasteiger partial charge in [0.2, 0.25) is 5.91 Å². The molecule has 168 valence electrons. The Morgan fingerprint density at radius 1 is 1.12 bits per heavy atom. The van der Waals surface area contributed by atoms with E-state index in [-0.39, 0.29) is 24.5 Å². The van der Waals surface area contributed by atoms with Crippen LogP contribution in [0.3, 0.4) is 0 Å². The van der Waals surface area contributed by atoms with Crippen LogP contribution in [0.1, 0.15) is 26.7 Å². The Morgan fingerprint density at radius 2 is 1.94 bits per heavy atom. The summed E-state index contributed by atoms with van der Waals surface area (Å²) in [5.74, 6) is 1.18. The maximum Gasteiger partial charge on any atom is 0.228 e. The quantitative estimate of drug-likeness (QED) is 0.579. The molecule has 1 aliphatic rings. The first-order chi connectivity index (χ1) is 15.5. The average Bonchev–Trinajstić information content (AvgIpc) is 2.79. The number of anilines is 2.